The van der Waals surface area contributed by atoms with Crippen LogP contribution in [0.15, 0.2) is 12.4 Å². The third-order valence-corrected chi connectivity index (χ3v) is 1.98. The summed E-state index contributed by atoms with van der Waals surface area (Å²) in [5.74, 6) is 1.29. The van der Waals surface area contributed by atoms with Crippen LogP contribution in [-0.2, 0) is 0 Å². The van der Waals surface area contributed by atoms with Crippen LogP contribution in [-0.4, -0.2) is 28.2 Å². The summed E-state index contributed by atoms with van der Waals surface area (Å²) < 4.78 is 5.48. The summed E-state index contributed by atoms with van der Waals surface area (Å²) in [5.41, 5.74) is 5.44. The molecule has 0 aromatic carbocycles. The molecule has 0 fully saturated rings. The van der Waals surface area contributed by atoms with Gasteiger partial charge in [-0.1, -0.05) is 0 Å². The van der Waals surface area contributed by atoms with Crippen LogP contribution in [0.2, 0.25) is 0 Å². The monoisotopic (exact) mass is 224 g/mol. The second-order valence-electron chi connectivity index (χ2n) is 4.62. The van der Waals surface area contributed by atoms with Crippen LogP contribution in [0.4, 0.5) is 5.82 Å². The van der Waals surface area contributed by atoms with Crippen LogP contribution in [0.3, 0.4) is 0 Å². The molecule has 0 unspecified atom stereocenters. The first-order valence-electron chi connectivity index (χ1n) is 5.40. The number of nitrogens with two attached hydrogens (primary N) is 1. The van der Waals surface area contributed by atoms with E-state index in [9.17, 15) is 0 Å². The number of anilines is 1. The fourth-order valence-corrected chi connectivity index (χ4v) is 1.11. The predicted octanol–water partition coefficient (Wildman–Crippen LogP) is 1.41. The number of rotatable bonds is 5. The van der Waals surface area contributed by atoms with Gasteiger partial charge in [0.05, 0.1) is 6.10 Å². The van der Waals surface area contributed by atoms with Gasteiger partial charge in [0, 0.05) is 18.2 Å². The van der Waals surface area contributed by atoms with E-state index in [4.69, 9.17) is 10.5 Å². The minimum atomic E-state index is -0.191. The molecule has 16 heavy (non-hydrogen) atoms. The Kier molecular flexibility index (Phi) is 4.06. The topological polar surface area (TPSA) is 73.1 Å². The molecule has 3 N–H and O–H groups in total. The molecule has 0 radical (unpaired) electrons. The Morgan fingerprint density at radius 3 is 2.69 bits per heavy atom. The highest BCUT2D eigenvalue weighted by molar-refractivity contribution is 5.39. The van der Waals surface area contributed by atoms with Crippen molar-refractivity contribution in [3.8, 4) is 5.88 Å². The van der Waals surface area contributed by atoms with Gasteiger partial charge in [-0.3, -0.25) is 0 Å². The van der Waals surface area contributed by atoms with Gasteiger partial charge in [-0.15, -0.1) is 0 Å². The summed E-state index contributed by atoms with van der Waals surface area (Å²) in [4.78, 5) is 8.15. The number of ether oxygens (including phenoxy) is 1. The van der Waals surface area contributed by atoms with Gasteiger partial charge in [-0.05, 0) is 27.7 Å². The molecular formula is C11H20N4O. The zero-order valence-corrected chi connectivity index (χ0v) is 10.3. The van der Waals surface area contributed by atoms with Crippen molar-refractivity contribution in [3.63, 3.8) is 0 Å². The van der Waals surface area contributed by atoms with Crippen molar-refractivity contribution in [1.82, 2.24) is 9.97 Å². The van der Waals surface area contributed by atoms with Crippen LogP contribution in [0.25, 0.3) is 0 Å². The fourth-order valence-electron chi connectivity index (χ4n) is 1.11. The van der Waals surface area contributed by atoms with Crippen molar-refractivity contribution in [3.05, 3.63) is 12.4 Å². The van der Waals surface area contributed by atoms with E-state index >= 15 is 0 Å². The van der Waals surface area contributed by atoms with E-state index in [2.05, 4.69) is 15.3 Å². The van der Waals surface area contributed by atoms with Gasteiger partial charge in [-0.25, -0.2) is 9.97 Å². The predicted molar refractivity (Wildman–Crippen MR) is 64.6 cm³/mol. The van der Waals surface area contributed by atoms with Crippen molar-refractivity contribution < 1.29 is 4.74 Å². The average Bonchev–Trinajstić information content (AvgIpc) is 2.16. The Labute approximate surface area is 96.4 Å². The number of nitrogens with zero attached hydrogens (tertiary/aromatic N) is 2. The minimum absolute atomic E-state index is 0.102. The quantitative estimate of drug-likeness (QED) is 0.791. The smallest absolute Gasteiger partial charge is 0.218 e. The second kappa shape index (κ2) is 5.12. The molecule has 0 atom stereocenters. The summed E-state index contributed by atoms with van der Waals surface area (Å²) in [6.45, 7) is 8.46. The summed E-state index contributed by atoms with van der Waals surface area (Å²) in [6.07, 6.45) is 1.58. The Morgan fingerprint density at radius 1 is 1.44 bits per heavy atom. The Balaban J connectivity index is 2.74. The van der Waals surface area contributed by atoms with Crippen LogP contribution in [0.5, 0.6) is 5.88 Å². The number of nitrogens with one attached hydrogen (secondary N) is 1. The molecule has 0 saturated carbocycles. The fraction of sp³-hybridized carbons (Fsp3) is 0.636. The lowest BCUT2D eigenvalue weighted by Gasteiger charge is -2.24. The normalized spacial score (nSPS) is 11.6. The summed E-state index contributed by atoms with van der Waals surface area (Å²) in [5, 5.41) is 3.23. The van der Waals surface area contributed by atoms with Crippen molar-refractivity contribution in [2.75, 3.05) is 11.9 Å². The van der Waals surface area contributed by atoms with Crippen LogP contribution in [0, 0.1) is 0 Å². The number of hydrogen-bond acceptors (Lipinski definition) is 5. The van der Waals surface area contributed by atoms with Crippen molar-refractivity contribution >= 4 is 5.82 Å². The zero-order valence-electron chi connectivity index (χ0n) is 10.3. The van der Waals surface area contributed by atoms with Crippen molar-refractivity contribution in [2.24, 2.45) is 5.73 Å². The molecule has 0 aliphatic heterocycles. The largest absolute Gasteiger partial charge is 0.475 e. The molecule has 0 saturated heterocycles. The highest BCUT2D eigenvalue weighted by atomic mass is 16.5. The summed E-state index contributed by atoms with van der Waals surface area (Å²) >= 11 is 0. The van der Waals surface area contributed by atoms with Gasteiger partial charge in [0.2, 0.25) is 5.88 Å². The van der Waals surface area contributed by atoms with Gasteiger partial charge >= 0.3 is 0 Å². The lowest BCUT2D eigenvalue weighted by Crippen LogP contribution is -2.39. The molecule has 1 heterocycles. The van der Waals surface area contributed by atoms with Gasteiger partial charge in [0.25, 0.3) is 0 Å². The van der Waals surface area contributed by atoms with Crippen molar-refractivity contribution in [1.29, 1.82) is 0 Å². The Hall–Kier alpha value is -1.36. The molecule has 1 rings (SSSR count). The van der Waals surface area contributed by atoms with E-state index in [1.165, 1.54) is 6.33 Å². The Bertz CT molecular complexity index is 339. The molecule has 90 valence electrons. The Morgan fingerprint density at radius 2 is 2.12 bits per heavy atom. The molecule has 1 aromatic heterocycles. The lowest BCUT2D eigenvalue weighted by molar-refractivity contribution is 0.232. The third kappa shape index (κ3) is 4.02. The maximum Gasteiger partial charge on any atom is 0.218 e. The maximum atomic E-state index is 5.64. The third-order valence-electron chi connectivity index (χ3n) is 1.98. The van der Waals surface area contributed by atoms with E-state index in [0.717, 1.165) is 5.82 Å². The average molecular weight is 224 g/mol. The van der Waals surface area contributed by atoms with Gasteiger partial charge < -0.3 is 15.8 Å². The highest BCUT2D eigenvalue weighted by Crippen LogP contribution is 2.16. The van der Waals surface area contributed by atoms with E-state index in [0.29, 0.717) is 12.4 Å². The molecule has 0 aliphatic carbocycles. The summed E-state index contributed by atoms with van der Waals surface area (Å²) in [7, 11) is 0. The van der Waals surface area contributed by atoms with Gasteiger partial charge in [0.1, 0.15) is 12.1 Å². The van der Waals surface area contributed by atoms with Gasteiger partial charge in [0.15, 0.2) is 0 Å². The molecule has 5 nitrogen and oxygen atoms in total. The van der Waals surface area contributed by atoms with Crippen LogP contribution in [0.1, 0.15) is 27.7 Å². The minimum Gasteiger partial charge on any atom is -0.475 e. The number of aromatic nitrogens is 2. The van der Waals surface area contributed by atoms with Crippen molar-refractivity contribution in [2.45, 2.75) is 39.3 Å². The SMILES string of the molecule is CC(C)Oc1cc(NC(C)(C)CN)ncn1. The van der Waals surface area contributed by atoms with Crippen LogP contribution < -0.4 is 15.8 Å². The van der Waals surface area contributed by atoms with E-state index in [-0.39, 0.29) is 11.6 Å². The standard InChI is InChI=1S/C11H20N4O/c1-8(2)16-10-5-9(13-7-14-10)15-11(3,4)6-12/h5,7-8H,6,12H2,1-4H3,(H,13,14,15). The molecule has 0 spiro atoms. The van der Waals surface area contributed by atoms with Gasteiger partial charge in [-0.2, -0.15) is 0 Å². The molecule has 0 amide bonds. The molecular weight excluding hydrogens is 204 g/mol. The second-order valence-corrected chi connectivity index (χ2v) is 4.62. The highest BCUT2D eigenvalue weighted by Gasteiger charge is 2.15. The van der Waals surface area contributed by atoms with E-state index in [1.807, 2.05) is 27.7 Å². The molecule has 0 bridgehead atoms. The lowest BCUT2D eigenvalue weighted by atomic mass is 10.1. The zero-order chi connectivity index (χ0) is 12.2. The van der Waals surface area contributed by atoms with Crippen LogP contribution >= 0.6 is 0 Å². The number of hydrogen-bond donors (Lipinski definition) is 2. The molecule has 5 heteroatoms. The molecule has 1 aromatic rings. The first-order chi connectivity index (χ1) is 7.43. The molecule has 0 aliphatic rings. The maximum absolute atomic E-state index is 5.64. The van der Waals surface area contributed by atoms with E-state index in [1.54, 1.807) is 6.07 Å². The van der Waals surface area contributed by atoms with E-state index < -0.39 is 0 Å². The first-order valence-corrected chi connectivity index (χ1v) is 5.40. The first kappa shape index (κ1) is 12.7. The summed E-state index contributed by atoms with van der Waals surface area (Å²) in [6, 6.07) is 1.78.